The van der Waals surface area contributed by atoms with Crippen LogP contribution in [0.1, 0.15) is 5.56 Å². The van der Waals surface area contributed by atoms with E-state index < -0.39 is 5.24 Å². The molecule has 0 atom stereocenters. The summed E-state index contributed by atoms with van der Waals surface area (Å²) in [4.78, 5) is 25.5. The molecule has 0 saturated carbocycles. The lowest BCUT2D eigenvalue weighted by atomic mass is 10.2. The predicted molar refractivity (Wildman–Crippen MR) is 113 cm³/mol. The molecule has 0 aliphatic carbocycles. The van der Waals surface area contributed by atoms with Crippen molar-refractivity contribution in [2.24, 2.45) is 0 Å². The van der Waals surface area contributed by atoms with Gasteiger partial charge >= 0.3 is 0 Å². The number of benzene rings is 2. The molecule has 1 amide bonds. The van der Waals surface area contributed by atoms with Gasteiger partial charge in [-0.25, -0.2) is 0 Å². The van der Waals surface area contributed by atoms with Crippen LogP contribution in [-0.4, -0.2) is 9.81 Å². The van der Waals surface area contributed by atoms with Gasteiger partial charge in [-0.1, -0.05) is 53.0 Å². The van der Waals surface area contributed by atoms with E-state index in [1.165, 1.54) is 4.57 Å². The first-order valence-electron chi connectivity index (χ1n) is 7.81. The zero-order valence-corrected chi connectivity index (χ0v) is 16.9. The van der Waals surface area contributed by atoms with Crippen molar-refractivity contribution in [3.63, 3.8) is 0 Å². The molecule has 8 heteroatoms. The maximum Gasteiger partial charge on any atom is 0.288 e. The molecular weight excluding hydrogens is 427 g/mol. The lowest BCUT2D eigenvalue weighted by molar-refractivity contribution is 0.269. The number of aromatic nitrogens is 1. The van der Waals surface area contributed by atoms with Crippen molar-refractivity contribution in [1.82, 2.24) is 4.57 Å². The van der Waals surface area contributed by atoms with Gasteiger partial charge in [0.1, 0.15) is 5.69 Å². The third kappa shape index (κ3) is 5.08. The Balaban J connectivity index is 1.76. The molecule has 2 aromatic carbocycles. The minimum Gasteiger partial charge on any atom is -0.312 e. The molecule has 0 bridgehead atoms. The van der Waals surface area contributed by atoms with Crippen molar-refractivity contribution < 1.29 is 4.79 Å². The monoisotopic (exact) mass is 438 g/mol. The number of thioether (sulfide) groups is 1. The van der Waals surface area contributed by atoms with Crippen LogP contribution in [0.5, 0.6) is 0 Å². The summed E-state index contributed by atoms with van der Waals surface area (Å²) in [6.45, 7) is 0.303. The molecule has 0 unspecified atom stereocenters. The Morgan fingerprint density at radius 1 is 0.963 bits per heavy atom. The molecule has 0 radical (unpaired) electrons. The minimum absolute atomic E-state index is 0.183. The van der Waals surface area contributed by atoms with Crippen LogP contribution in [0, 0.1) is 0 Å². The predicted octanol–water partition coefficient (Wildman–Crippen LogP) is 6.18. The smallest absolute Gasteiger partial charge is 0.288 e. The number of pyridine rings is 1. The molecule has 0 fully saturated rings. The van der Waals surface area contributed by atoms with Crippen LogP contribution in [0.2, 0.25) is 15.1 Å². The lowest BCUT2D eigenvalue weighted by Gasteiger charge is -2.10. The standard InChI is InChI=1S/C19H13Cl3N2O2S/c20-13-8-7-12(10-15(13)22)11-24-9-3-5-16(18(24)25)23-19(26)27-17-6-2-1-4-14(17)21/h1-10H,11H2,(H,23,26). The largest absolute Gasteiger partial charge is 0.312 e. The average molecular weight is 440 g/mol. The van der Waals surface area contributed by atoms with E-state index in [4.69, 9.17) is 34.8 Å². The van der Waals surface area contributed by atoms with E-state index in [0.717, 1.165) is 17.3 Å². The molecule has 138 valence electrons. The highest BCUT2D eigenvalue weighted by Gasteiger charge is 2.11. The first-order valence-corrected chi connectivity index (χ1v) is 9.76. The van der Waals surface area contributed by atoms with Gasteiger partial charge in [0.2, 0.25) is 0 Å². The summed E-state index contributed by atoms with van der Waals surface area (Å²) >= 11 is 18.9. The zero-order chi connectivity index (χ0) is 19.4. The number of rotatable bonds is 4. The van der Waals surface area contributed by atoms with Gasteiger partial charge in [-0.2, -0.15) is 0 Å². The van der Waals surface area contributed by atoms with E-state index in [2.05, 4.69) is 5.32 Å². The minimum atomic E-state index is -0.396. The number of carbonyl (C=O) groups is 1. The van der Waals surface area contributed by atoms with Crippen molar-refractivity contribution >= 4 is 57.5 Å². The normalized spacial score (nSPS) is 10.6. The number of hydrogen-bond donors (Lipinski definition) is 1. The molecule has 1 N–H and O–H groups in total. The highest BCUT2D eigenvalue weighted by molar-refractivity contribution is 8.14. The molecular formula is C19H13Cl3N2O2S. The Hall–Kier alpha value is -1.92. The van der Waals surface area contributed by atoms with Crippen molar-refractivity contribution in [2.45, 2.75) is 11.4 Å². The van der Waals surface area contributed by atoms with Crippen LogP contribution in [0.25, 0.3) is 0 Å². The topological polar surface area (TPSA) is 51.1 Å². The van der Waals surface area contributed by atoms with Crippen molar-refractivity contribution in [1.29, 1.82) is 0 Å². The fourth-order valence-corrected chi connectivity index (χ4v) is 3.60. The summed E-state index contributed by atoms with van der Waals surface area (Å²) in [6, 6.07) is 15.4. The summed E-state index contributed by atoms with van der Waals surface area (Å²) in [5, 5.41) is 3.57. The molecule has 0 spiro atoms. The summed E-state index contributed by atoms with van der Waals surface area (Å²) in [6.07, 6.45) is 1.64. The Morgan fingerprint density at radius 3 is 2.48 bits per heavy atom. The van der Waals surface area contributed by atoms with E-state index in [1.54, 1.807) is 60.8 Å². The van der Waals surface area contributed by atoms with Gasteiger partial charge in [-0.15, -0.1) is 0 Å². The van der Waals surface area contributed by atoms with Crippen LogP contribution in [-0.2, 0) is 6.54 Å². The van der Waals surface area contributed by atoms with Crippen molar-refractivity contribution in [3.8, 4) is 0 Å². The first-order chi connectivity index (χ1) is 12.9. The molecule has 3 aromatic rings. The summed E-state index contributed by atoms with van der Waals surface area (Å²) < 4.78 is 1.48. The molecule has 0 saturated heterocycles. The molecule has 1 heterocycles. The van der Waals surface area contributed by atoms with Crippen LogP contribution in [0.3, 0.4) is 0 Å². The molecule has 0 aliphatic rings. The maximum absolute atomic E-state index is 12.6. The van der Waals surface area contributed by atoms with Crippen molar-refractivity contribution in [3.05, 3.63) is 91.8 Å². The Labute approximate surface area is 175 Å². The first kappa shape index (κ1) is 19.8. The van der Waals surface area contributed by atoms with Crippen LogP contribution < -0.4 is 10.9 Å². The highest BCUT2D eigenvalue weighted by Crippen LogP contribution is 2.27. The Morgan fingerprint density at radius 2 is 1.74 bits per heavy atom. The molecule has 0 aliphatic heterocycles. The van der Waals surface area contributed by atoms with E-state index in [-0.39, 0.29) is 11.2 Å². The van der Waals surface area contributed by atoms with Gasteiger partial charge in [0.05, 0.1) is 21.6 Å². The molecule has 3 rings (SSSR count). The van der Waals surface area contributed by atoms with Crippen LogP contribution in [0.15, 0.2) is 70.5 Å². The second-order valence-electron chi connectivity index (χ2n) is 5.55. The van der Waals surface area contributed by atoms with Crippen LogP contribution >= 0.6 is 46.6 Å². The fourth-order valence-electron chi connectivity index (χ4n) is 2.35. The summed E-state index contributed by atoms with van der Waals surface area (Å²) in [5.41, 5.74) is 0.680. The zero-order valence-electron chi connectivity index (χ0n) is 13.8. The van der Waals surface area contributed by atoms with E-state index in [0.29, 0.717) is 26.5 Å². The number of nitrogens with zero attached hydrogens (tertiary/aromatic N) is 1. The maximum atomic E-state index is 12.6. The second kappa shape index (κ2) is 8.85. The van der Waals surface area contributed by atoms with E-state index in [1.807, 2.05) is 0 Å². The summed E-state index contributed by atoms with van der Waals surface area (Å²) in [7, 11) is 0. The number of anilines is 1. The Bertz CT molecular complexity index is 1050. The fraction of sp³-hybridized carbons (Fsp3) is 0.0526. The number of amides is 1. The van der Waals surface area contributed by atoms with Gasteiger partial charge in [0.25, 0.3) is 10.8 Å². The number of nitrogens with one attached hydrogen (secondary N) is 1. The SMILES string of the molecule is O=C(Nc1cccn(Cc2ccc(Cl)c(Cl)c2)c1=O)Sc1ccccc1Cl. The number of halogens is 3. The molecule has 1 aromatic heterocycles. The van der Waals surface area contributed by atoms with Gasteiger partial charge in [0.15, 0.2) is 0 Å². The third-order valence-electron chi connectivity index (χ3n) is 3.63. The lowest BCUT2D eigenvalue weighted by Crippen LogP contribution is -2.24. The summed E-state index contributed by atoms with van der Waals surface area (Å²) in [5.74, 6) is 0. The third-order valence-corrected chi connectivity index (χ3v) is 5.68. The molecule has 27 heavy (non-hydrogen) atoms. The molecule has 4 nitrogen and oxygen atoms in total. The van der Waals surface area contributed by atoms with Crippen LogP contribution in [0.4, 0.5) is 10.5 Å². The van der Waals surface area contributed by atoms with Gasteiger partial charge in [-0.05, 0) is 53.7 Å². The van der Waals surface area contributed by atoms with Crippen molar-refractivity contribution in [2.75, 3.05) is 5.32 Å². The Kier molecular flexibility index (Phi) is 6.50. The number of carbonyl (C=O) groups excluding carboxylic acids is 1. The quantitative estimate of drug-likeness (QED) is 0.494. The van der Waals surface area contributed by atoms with E-state index in [9.17, 15) is 9.59 Å². The van der Waals surface area contributed by atoms with Gasteiger partial charge in [0, 0.05) is 11.1 Å². The van der Waals surface area contributed by atoms with Gasteiger partial charge < -0.3 is 9.88 Å². The average Bonchev–Trinajstić information content (AvgIpc) is 2.63. The second-order valence-corrected chi connectivity index (χ2v) is 7.78. The van der Waals surface area contributed by atoms with Gasteiger partial charge in [-0.3, -0.25) is 9.59 Å². The highest BCUT2D eigenvalue weighted by atomic mass is 35.5. The number of hydrogen-bond acceptors (Lipinski definition) is 3. The van der Waals surface area contributed by atoms with E-state index >= 15 is 0 Å².